The molecule has 2 aliphatic heterocycles. The minimum absolute atomic E-state index is 0.159. The first-order valence-electron chi connectivity index (χ1n) is 20.7. The second-order valence-electron chi connectivity index (χ2n) is 16.5. The molecule has 5 aromatic rings. The summed E-state index contributed by atoms with van der Waals surface area (Å²) in [5.41, 5.74) is 4.42. The van der Waals surface area contributed by atoms with Crippen LogP contribution in [0.4, 0.5) is 16.6 Å². The lowest BCUT2D eigenvalue weighted by Crippen LogP contribution is -2.38. The predicted octanol–water partition coefficient (Wildman–Crippen LogP) is 7.93. The minimum atomic E-state index is -0.285. The van der Waals surface area contributed by atoms with Crippen LogP contribution in [-0.2, 0) is 10.2 Å². The summed E-state index contributed by atoms with van der Waals surface area (Å²) in [7, 11) is 0. The van der Waals surface area contributed by atoms with Crippen molar-refractivity contribution in [1.29, 1.82) is 0 Å². The van der Waals surface area contributed by atoms with Gasteiger partial charge in [-0.25, -0.2) is 9.48 Å². The predicted molar refractivity (Wildman–Crippen MR) is 224 cm³/mol. The van der Waals surface area contributed by atoms with Crippen molar-refractivity contribution >= 4 is 29.9 Å². The van der Waals surface area contributed by atoms with Gasteiger partial charge in [-0.3, -0.25) is 19.4 Å². The number of anilines is 2. The van der Waals surface area contributed by atoms with Crippen molar-refractivity contribution in [1.82, 2.24) is 34.6 Å². The fourth-order valence-corrected chi connectivity index (χ4v) is 8.23. The zero-order valence-corrected chi connectivity index (χ0v) is 34.1. The molecule has 58 heavy (non-hydrogen) atoms. The summed E-state index contributed by atoms with van der Waals surface area (Å²) in [6, 6.07) is 22.1. The van der Waals surface area contributed by atoms with Crippen LogP contribution in [-0.4, -0.2) is 85.7 Å². The molecule has 2 fully saturated rings. The Morgan fingerprint density at radius 3 is 2.45 bits per heavy atom. The summed E-state index contributed by atoms with van der Waals surface area (Å²) >= 11 is 0. The number of rotatable bonds is 10. The van der Waals surface area contributed by atoms with Gasteiger partial charge in [-0.15, -0.1) is 10.2 Å². The number of carbonyl (C=O) groups is 2. The van der Waals surface area contributed by atoms with E-state index in [1.807, 2.05) is 60.8 Å². The molecule has 0 saturated carbocycles. The van der Waals surface area contributed by atoms with Crippen molar-refractivity contribution in [2.45, 2.75) is 103 Å². The van der Waals surface area contributed by atoms with Gasteiger partial charge in [0.1, 0.15) is 30.0 Å². The molecule has 0 spiro atoms. The van der Waals surface area contributed by atoms with E-state index in [2.05, 4.69) is 74.9 Å². The molecule has 2 saturated heterocycles. The summed E-state index contributed by atoms with van der Waals surface area (Å²) in [6.45, 7) is 13.2. The van der Waals surface area contributed by atoms with Crippen molar-refractivity contribution in [3.05, 3.63) is 89.7 Å². The van der Waals surface area contributed by atoms with Crippen molar-refractivity contribution < 1.29 is 24.2 Å². The van der Waals surface area contributed by atoms with E-state index in [1.165, 1.54) is 25.7 Å². The number of nitrogens with zero attached hydrogens (tertiary/aromatic N) is 7. The number of piperidine rings is 2. The molecule has 3 aliphatic rings. The average molecular weight is 792 g/mol. The Morgan fingerprint density at radius 2 is 1.67 bits per heavy atom. The Kier molecular flexibility index (Phi) is 12.8. The lowest BCUT2D eigenvalue weighted by molar-refractivity contribution is -0.122. The van der Waals surface area contributed by atoms with Gasteiger partial charge in [0.15, 0.2) is 5.65 Å². The fourth-order valence-electron chi connectivity index (χ4n) is 8.23. The van der Waals surface area contributed by atoms with Crippen molar-refractivity contribution in [2.24, 2.45) is 0 Å². The van der Waals surface area contributed by atoms with E-state index in [4.69, 9.17) is 24.5 Å². The first-order chi connectivity index (χ1) is 28.1. The molecule has 0 bridgehead atoms. The molecule has 0 radical (unpaired) electrons. The number of benzene rings is 2. The Hall–Kier alpha value is -5.63. The second-order valence-corrected chi connectivity index (χ2v) is 16.5. The van der Waals surface area contributed by atoms with Crippen LogP contribution < -0.4 is 25.0 Å². The maximum absolute atomic E-state index is 13.8. The average Bonchev–Trinajstić information content (AvgIpc) is 3.85. The van der Waals surface area contributed by atoms with Gasteiger partial charge in [0.2, 0.25) is 5.95 Å². The van der Waals surface area contributed by atoms with E-state index in [-0.39, 0.29) is 30.1 Å². The number of carboxylic acid groups (broad SMARTS) is 1. The monoisotopic (exact) mass is 791 g/mol. The lowest BCUT2D eigenvalue weighted by atomic mass is 9.85. The molecule has 0 unspecified atom stereocenters. The van der Waals surface area contributed by atoms with Gasteiger partial charge >= 0.3 is 6.03 Å². The number of nitrogens with one attached hydrogen (secondary N) is 2. The van der Waals surface area contributed by atoms with E-state index in [1.54, 1.807) is 4.68 Å². The number of aromatic nitrogens is 5. The SMILES string of the molecule is C[C@H]1CCCCN1c1nnc2ccc(O[C@@H]3CC[C@H](NC(=O)Nc4cc(C(C)(C)C)nn4-c4cccc(OCCN5CCCCC5)c4)c4ccccc43)cn12.O=CO. The molecule has 5 heterocycles. The highest BCUT2D eigenvalue weighted by Gasteiger charge is 2.31. The normalized spacial score (nSPS) is 19.7. The van der Waals surface area contributed by atoms with Gasteiger partial charge in [-0.1, -0.05) is 57.5 Å². The number of hydrogen-bond donors (Lipinski definition) is 3. The maximum Gasteiger partial charge on any atom is 0.320 e. The number of likely N-dealkylation sites (tertiary alicyclic amines) is 1. The maximum atomic E-state index is 13.8. The van der Waals surface area contributed by atoms with Gasteiger partial charge < -0.3 is 24.8 Å². The largest absolute Gasteiger partial charge is 0.492 e. The topological polar surface area (TPSA) is 151 Å². The van der Waals surface area contributed by atoms with E-state index < -0.39 is 0 Å². The molecular weight excluding hydrogens is 735 g/mol. The van der Waals surface area contributed by atoms with E-state index in [9.17, 15) is 4.79 Å². The molecule has 3 aromatic heterocycles. The molecule has 3 atom stereocenters. The smallest absolute Gasteiger partial charge is 0.320 e. The van der Waals surface area contributed by atoms with Crippen LogP contribution in [0.1, 0.15) is 108 Å². The summed E-state index contributed by atoms with van der Waals surface area (Å²) in [5.74, 6) is 3.02. The minimum Gasteiger partial charge on any atom is -0.492 e. The summed E-state index contributed by atoms with van der Waals surface area (Å²) in [6.07, 6.45) is 10.7. The fraction of sp³-hybridized carbons (Fsp3) is 0.477. The molecule has 1 aliphatic carbocycles. The third kappa shape index (κ3) is 9.55. The number of amides is 2. The molecule has 8 rings (SSSR count). The Balaban J connectivity index is 0.00000166. The molecule has 14 nitrogen and oxygen atoms in total. The number of fused-ring (bicyclic) bond motifs is 2. The molecule has 3 N–H and O–H groups in total. The molecule has 14 heteroatoms. The quantitative estimate of drug-likeness (QED) is 0.119. The van der Waals surface area contributed by atoms with Crippen LogP contribution in [0.5, 0.6) is 11.5 Å². The summed E-state index contributed by atoms with van der Waals surface area (Å²) in [4.78, 5) is 27.0. The van der Waals surface area contributed by atoms with Crippen molar-refractivity contribution in [2.75, 3.05) is 43.0 Å². The highest BCUT2D eigenvalue weighted by Crippen LogP contribution is 2.39. The van der Waals surface area contributed by atoms with E-state index in [0.29, 0.717) is 18.5 Å². The van der Waals surface area contributed by atoms with E-state index in [0.717, 1.165) is 97.5 Å². The van der Waals surface area contributed by atoms with Crippen molar-refractivity contribution in [3.8, 4) is 17.2 Å². The first-order valence-corrected chi connectivity index (χ1v) is 20.7. The van der Waals surface area contributed by atoms with Crippen LogP contribution in [0, 0.1) is 0 Å². The zero-order chi connectivity index (χ0) is 40.6. The highest BCUT2D eigenvalue weighted by molar-refractivity contribution is 5.89. The highest BCUT2D eigenvalue weighted by atomic mass is 16.5. The number of carbonyl (C=O) groups excluding carboxylic acids is 1. The van der Waals surface area contributed by atoms with E-state index >= 15 is 0 Å². The molecular formula is C44H57N9O5. The van der Waals surface area contributed by atoms with Crippen LogP contribution >= 0.6 is 0 Å². The second kappa shape index (κ2) is 18.3. The van der Waals surface area contributed by atoms with Gasteiger partial charge in [0, 0.05) is 36.7 Å². The molecule has 2 aromatic carbocycles. The van der Waals surface area contributed by atoms with Crippen LogP contribution in [0.2, 0.25) is 0 Å². The van der Waals surface area contributed by atoms with Crippen LogP contribution in [0.25, 0.3) is 11.3 Å². The van der Waals surface area contributed by atoms with Gasteiger partial charge in [-0.2, -0.15) is 5.10 Å². The Morgan fingerprint density at radius 1 is 0.897 bits per heavy atom. The van der Waals surface area contributed by atoms with Gasteiger partial charge in [0.25, 0.3) is 6.47 Å². The Labute approximate surface area is 340 Å². The third-order valence-electron chi connectivity index (χ3n) is 11.3. The number of pyridine rings is 1. The summed E-state index contributed by atoms with van der Waals surface area (Å²) in [5, 5.41) is 27.3. The Bertz CT molecular complexity index is 2150. The third-order valence-corrected chi connectivity index (χ3v) is 11.3. The number of urea groups is 1. The lowest BCUT2D eigenvalue weighted by Gasteiger charge is -2.33. The van der Waals surface area contributed by atoms with Gasteiger partial charge in [0.05, 0.1) is 23.6 Å². The number of ether oxygens (including phenoxy) is 2. The number of hydrogen-bond acceptors (Lipinski definition) is 9. The summed E-state index contributed by atoms with van der Waals surface area (Å²) < 4.78 is 16.7. The van der Waals surface area contributed by atoms with Crippen molar-refractivity contribution in [3.63, 3.8) is 0 Å². The van der Waals surface area contributed by atoms with Gasteiger partial charge in [-0.05, 0) is 100 Å². The molecule has 2 amide bonds. The standard InChI is InChI=1S/C43H55N9O3.CH2O2/c1-30-13-8-11-24-50(30)42-47-46-39-21-18-33(29-51(39)42)55-37-20-19-36(34-16-6-7-17-35(34)37)44-41(53)45-40-28-38(43(2,3)4)48-52(40)31-14-12-15-32(27-31)54-26-25-49-22-9-5-10-23-49;2-1-3/h6-7,12,14-18,21,27-30,36-37H,5,8-11,13,19-20,22-26H2,1-4H3,(H2,44,45,53);1H,(H,2,3)/t30-,36-,37+;/m0./s1. The van der Waals surface area contributed by atoms with Crippen LogP contribution in [0.15, 0.2) is 72.9 Å². The molecule has 308 valence electrons. The van der Waals surface area contributed by atoms with Crippen LogP contribution in [0.3, 0.4) is 0 Å². The zero-order valence-electron chi connectivity index (χ0n) is 34.1. The first kappa shape index (κ1) is 40.6.